The third kappa shape index (κ3) is 3.22. The summed E-state index contributed by atoms with van der Waals surface area (Å²) in [6.07, 6.45) is 8.55. The highest BCUT2D eigenvalue weighted by atomic mass is 14.0. The molecule has 0 amide bonds. The van der Waals surface area contributed by atoms with Gasteiger partial charge in [0.25, 0.3) is 0 Å². The minimum Gasteiger partial charge on any atom is -0.0985 e. The first-order chi connectivity index (χ1) is 5.29. The SMILES string of the molecule is C=CC(=C/C)/C(=C\C)CCC. The van der Waals surface area contributed by atoms with Crippen LogP contribution in [0, 0.1) is 0 Å². The summed E-state index contributed by atoms with van der Waals surface area (Å²) in [5.41, 5.74) is 2.68. The Hall–Kier alpha value is -0.780. The van der Waals surface area contributed by atoms with E-state index in [0.717, 1.165) is 6.42 Å². The molecule has 0 heteroatoms. The highest BCUT2D eigenvalue weighted by Crippen LogP contribution is 2.16. The lowest BCUT2D eigenvalue weighted by Gasteiger charge is -2.04. The van der Waals surface area contributed by atoms with Crippen LogP contribution in [0.1, 0.15) is 33.6 Å². The standard InChI is InChI=1S/C11H18/c1-5-9-11(8-4)10(6-2)7-3/h6-8H,2,5,9H2,1,3-4H3/b10-7-,11-8-. The highest BCUT2D eigenvalue weighted by Gasteiger charge is 1.96. The van der Waals surface area contributed by atoms with Crippen LogP contribution in [-0.4, -0.2) is 0 Å². The Bertz CT molecular complexity index is 170. The van der Waals surface area contributed by atoms with E-state index in [-0.39, 0.29) is 0 Å². The summed E-state index contributed by atoms with van der Waals surface area (Å²) in [7, 11) is 0. The first-order valence-corrected chi connectivity index (χ1v) is 4.24. The van der Waals surface area contributed by atoms with Gasteiger partial charge >= 0.3 is 0 Å². The van der Waals surface area contributed by atoms with Gasteiger partial charge in [0.2, 0.25) is 0 Å². The molecule has 0 aliphatic carbocycles. The molecule has 0 rings (SSSR count). The smallest absolute Gasteiger partial charge is 0.0276 e. The molecule has 0 aliphatic rings. The van der Waals surface area contributed by atoms with Gasteiger partial charge in [-0.15, -0.1) is 0 Å². The molecule has 0 radical (unpaired) electrons. The molecule has 0 aromatic rings. The molecule has 0 saturated heterocycles. The van der Waals surface area contributed by atoms with Crippen LogP contribution < -0.4 is 0 Å². The van der Waals surface area contributed by atoms with Crippen LogP contribution in [0.3, 0.4) is 0 Å². The molecule has 0 heterocycles. The summed E-state index contributed by atoms with van der Waals surface area (Å²) in [6.45, 7) is 10.1. The second-order valence-corrected chi connectivity index (χ2v) is 2.51. The second kappa shape index (κ2) is 5.96. The zero-order chi connectivity index (χ0) is 8.69. The normalized spacial score (nSPS) is 13.4. The Balaban J connectivity index is 4.37. The second-order valence-electron chi connectivity index (χ2n) is 2.51. The average Bonchev–Trinajstić information content (AvgIpc) is 2.05. The van der Waals surface area contributed by atoms with Gasteiger partial charge in [-0.25, -0.2) is 0 Å². The van der Waals surface area contributed by atoms with Gasteiger partial charge in [-0.1, -0.05) is 38.2 Å². The van der Waals surface area contributed by atoms with E-state index in [0.29, 0.717) is 0 Å². The van der Waals surface area contributed by atoms with E-state index in [2.05, 4.69) is 39.5 Å². The monoisotopic (exact) mass is 150 g/mol. The van der Waals surface area contributed by atoms with Gasteiger partial charge in [0.05, 0.1) is 0 Å². The van der Waals surface area contributed by atoms with Crippen LogP contribution >= 0.6 is 0 Å². The van der Waals surface area contributed by atoms with Crippen molar-refractivity contribution in [1.82, 2.24) is 0 Å². The largest absolute Gasteiger partial charge is 0.0985 e. The van der Waals surface area contributed by atoms with Crippen LogP contribution in [0.4, 0.5) is 0 Å². The first kappa shape index (κ1) is 10.2. The van der Waals surface area contributed by atoms with Gasteiger partial charge in [0.1, 0.15) is 0 Å². The predicted octanol–water partition coefficient (Wildman–Crippen LogP) is 3.87. The Morgan fingerprint density at radius 2 is 1.91 bits per heavy atom. The van der Waals surface area contributed by atoms with Crippen molar-refractivity contribution >= 4 is 0 Å². The van der Waals surface area contributed by atoms with Gasteiger partial charge in [-0.2, -0.15) is 0 Å². The third-order valence-corrected chi connectivity index (χ3v) is 1.77. The van der Waals surface area contributed by atoms with Crippen LogP contribution in [0.5, 0.6) is 0 Å². The van der Waals surface area contributed by atoms with E-state index in [1.54, 1.807) is 0 Å². The van der Waals surface area contributed by atoms with Crippen LogP contribution in [-0.2, 0) is 0 Å². The summed E-state index contributed by atoms with van der Waals surface area (Å²) in [5, 5.41) is 0. The van der Waals surface area contributed by atoms with Crippen molar-refractivity contribution in [2.75, 3.05) is 0 Å². The van der Waals surface area contributed by atoms with Gasteiger partial charge in [0.15, 0.2) is 0 Å². The van der Waals surface area contributed by atoms with Crippen LogP contribution in [0.2, 0.25) is 0 Å². The van der Waals surface area contributed by atoms with Gasteiger partial charge in [-0.05, 0) is 31.4 Å². The summed E-state index contributed by atoms with van der Waals surface area (Å²) in [5.74, 6) is 0. The minimum absolute atomic E-state index is 1.15. The fraction of sp³-hybridized carbons (Fsp3) is 0.455. The average molecular weight is 150 g/mol. The molecule has 0 aromatic heterocycles. The Kier molecular flexibility index (Phi) is 5.54. The maximum atomic E-state index is 3.77. The zero-order valence-electron chi connectivity index (χ0n) is 7.85. The number of rotatable bonds is 4. The molecule has 0 N–H and O–H groups in total. The van der Waals surface area contributed by atoms with E-state index in [1.165, 1.54) is 17.6 Å². The maximum Gasteiger partial charge on any atom is -0.0276 e. The number of hydrogen-bond acceptors (Lipinski definition) is 0. The minimum atomic E-state index is 1.15. The lowest BCUT2D eigenvalue weighted by molar-refractivity contribution is 0.915. The summed E-state index contributed by atoms with van der Waals surface area (Å²) in [4.78, 5) is 0. The van der Waals surface area contributed by atoms with E-state index in [1.807, 2.05) is 6.08 Å². The van der Waals surface area contributed by atoms with Gasteiger partial charge in [0, 0.05) is 0 Å². The van der Waals surface area contributed by atoms with Crippen molar-refractivity contribution in [2.24, 2.45) is 0 Å². The quantitative estimate of drug-likeness (QED) is 0.534. The summed E-state index contributed by atoms with van der Waals surface area (Å²) >= 11 is 0. The Labute approximate surface area is 70.3 Å². The molecule has 0 aromatic carbocycles. The van der Waals surface area contributed by atoms with Crippen molar-refractivity contribution in [3.8, 4) is 0 Å². The lowest BCUT2D eigenvalue weighted by atomic mass is 10.0. The van der Waals surface area contributed by atoms with Crippen LogP contribution in [0.15, 0.2) is 36.0 Å². The van der Waals surface area contributed by atoms with E-state index in [9.17, 15) is 0 Å². The summed E-state index contributed by atoms with van der Waals surface area (Å²) in [6, 6.07) is 0. The molecule has 0 atom stereocenters. The predicted molar refractivity (Wildman–Crippen MR) is 52.6 cm³/mol. The van der Waals surface area contributed by atoms with Crippen molar-refractivity contribution in [3.05, 3.63) is 36.0 Å². The lowest BCUT2D eigenvalue weighted by Crippen LogP contribution is -1.85. The molecule has 11 heavy (non-hydrogen) atoms. The third-order valence-electron chi connectivity index (χ3n) is 1.77. The molecule has 62 valence electrons. The van der Waals surface area contributed by atoms with Gasteiger partial charge < -0.3 is 0 Å². The van der Waals surface area contributed by atoms with Crippen molar-refractivity contribution in [1.29, 1.82) is 0 Å². The first-order valence-electron chi connectivity index (χ1n) is 4.24. The van der Waals surface area contributed by atoms with Crippen molar-refractivity contribution in [2.45, 2.75) is 33.6 Å². The summed E-state index contributed by atoms with van der Waals surface area (Å²) < 4.78 is 0. The Morgan fingerprint density at radius 3 is 2.18 bits per heavy atom. The Morgan fingerprint density at radius 1 is 1.27 bits per heavy atom. The molecule has 0 nitrogen and oxygen atoms in total. The number of allylic oxidation sites excluding steroid dienone is 5. The van der Waals surface area contributed by atoms with E-state index in [4.69, 9.17) is 0 Å². The van der Waals surface area contributed by atoms with Crippen molar-refractivity contribution < 1.29 is 0 Å². The molecular weight excluding hydrogens is 132 g/mol. The van der Waals surface area contributed by atoms with Crippen molar-refractivity contribution in [3.63, 3.8) is 0 Å². The van der Waals surface area contributed by atoms with E-state index >= 15 is 0 Å². The molecule has 0 fully saturated rings. The molecule has 0 unspecified atom stereocenters. The molecular formula is C11H18. The van der Waals surface area contributed by atoms with E-state index < -0.39 is 0 Å². The fourth-order valence-corrected chi connectivity index (χ4v) is 1.16. The maximum absolute atomic E-state index is 3.77. The fourth-order valence-electron chi connectivity index (χ4n) is 1.16. The number of hydrogen-bond donors (Lipinski definition) is 0. The molecule has 0 aliphatic heterocycles. The molecule has 0 bridgehead atoms. The van der Waals surface area contributed by atoms with Crippen LogP contribution in [0.25, 0.3) is 0 Å². The molecule has 0 spiro atoms. The van der Waals surface area contributed by atoms with Gasteiger partial charge in [-0.3, -0.25) is 0 Å². The zero-order valence-corrected chi connectivity index (χ0v) is 7.85. The highest BCUT2D eigenvalue weighted by molar-refractivity contribution is 5.37. The molecule has 0 saturated carbocycles. The topological polar surface area (TPSA) is 0 Å².